The summed E-state index contributed by atoms with van der Waals surface area (Å²) in [5.74, 6) is 1.75. The predicted molar refractivity (Wildman–Crippen MR) is 108 cm³/mol. The fourth-order valence-electron chi connectivity index (χ4n) is 4.15. The van der Waals surface area contributed by atoms with E-state index in [1.807, 2.05) is 61.5 Å². The van der Waals surface area contributed by atoms with Gasteiger partial charge in [0.2, 0.25) is 11.8 Å². The molecule has 5 nitrogen and oxygen atoms in total. The highest BCUT2D eigenvalue weighted by molar-refractivity contribution is 6.00. The highest BCUT2D eigenvalue weighted by Crippen LogP contribution is 2.30. The molecule has 1 heterocycles. The van der Waals surface area contributed by atoms with E-state index in [-0.39, 0.29) is 17.7 Å². The number of hydrogen-bond acceptors (Lipinski definition) is 3. The first-order valence-corrected chi connectivity index (χ1v) is 10.1. The minimum absolute atomic E-state index is 0.0191. The molecule has 2 aromatic rings. The number of anilines is 1. The molecule has 5 heteroatoms. The van der Waals surface area contributed by atoms with Crippen molar-refractivity contribution < 1.29 is 14.3 Å². The van der Waals surface area contributed by atoms with Crippen LogP contribution in [-0.4, -0.2) is 35.8 Å². The lowest BCUT2D eigenvalue weighted by molar-refractivity contribution is -0.143. The minimum Gasteiger partial charge on any atom is -0.457 e. The predicted octanol–water partition coefficient (Wildman–Crippen LogP) is 4.23. The first-order valence-electron chi connectivity index (χ1n) is 10.1. The van der Waals surface area contributed by atoms with Gasteiger partial charge in [-0.25, -0.2) is 0 Å². The molecule has 0 spiro atoms. The second kappa shape index (κ2) is 8.05. The number of amides is 2. The maximum Gasteiger partial charge on any atom is 0.249 e. The highest BCUT2D eigenvalue weighted by Gasteiger charge is 2.38. The van der Waals surface area contributed by atoms with Gasteiger partial charge in [0.25, 0.3) is 0 Å². The molecule has 1 saturated heterocycles. The zero-order chi connectivity index (χ0) is 19.5. The maximum atomic E-state index is 12.9. The Balaban J connectivity index is 1.42. The van der Waals surface area contributed by atoms with Gasteiger partial charge in [-0.15, -0.1) is 0 Å². The maximum absolute atomic E-state index is 12.9. The monoisotopic (exact) mass is 378 g/mol. The zero-order valence-electron chi connectivity index (χ0n) is 16.2. The number of ether oxygens (including phenoxy) is 1. The van der Waals surface area contributed by atoms with Crippen LogP contribution in [0.15, 0.2) is 54.6 Å². The quantitative estimate of drug-likeness (QED) is 0.800. The summed E-state index contributed by atoms with van der Waals surface area (Å²) in [6.45, 7) is 2.96. The second-order valence-electron chi connectivity index (χ2n) is 7.59. The van der Waals surface area contributed by atoms with Crippen molar-refractivity contribution in [1.82, 2.24) is 4.90 Å². The van der Waals surface area contributed by atoms with Crippen LogP contribution in [-0.2, 0) is 9.59 Å². The standard InChI is InChI=1S/C23H26N2O3/c1-17-22(26)25(16-15-24(17)23(27)18-7-5-6-8-18)19-11-13-21(14-12-19)28-20-9-3-2-4-10-20/h2-4,9-14,17-18H,5-8,15-16H2,1H3. The van der Waals surface area contributed by atoms with Crippen LogP contribution in [0, 0.1) is 5.92 Å². The molecule has 146 valence electrons. The smallest absolute Gasteiger partial charge is 0.249 e. The first kappa shape index (κ1) is 18.5. The van der Waals surface area contributed by atoms with Crippen molar-refractivity contribution in [2.45, 2.75) is 38.6 Å². The van der Waals surface area contributed by atoms with Crippen molar-refractivity contribution in [1.29, 1.82) is 0 Å². The van der Waals surface area contributed by atoms with Gasteiger partial charge in [0.15, 0.2) is 0 Å². The Morgan fingerprint density at radius 1 is 0.929 bits per heavy atom. The molecule has 1 aliphatic carbocycles. The van der Waals surface area contributed by atoms with Gasteiger partial charge in [-0.1, -0.05) is 31.0 Å². The normalized spacial score (nSPS) is 20.5. The summed E-state index contributed by atoms with van der Waals surface area (Å²) in [5.41, 5.74) is 0.838. The molecule has 0 N–H and O–H groups in total. The number of nitrogens with zero attached hydrogens (tertiary/aromatic N) is 2. The number of rotatable bonds is 4. The third-order valence-electron chi connectivity index (χ3n) is 5.77. The van der Waals surface area contributed by atoms with E-state index in [4.69, 9.17) is 4.74 Å². The van der Waals surface area contributed by atoms with E-state index in [1.165, 1.54) is 0 Å². The van der Waals surface area contributed by atoms with Crippen molar-refractivity contribution in [2.75, 3.05) is 18.0 Å². The number of para-hydroxylation sites is 1. The highest BCUT2D eigenvalue weighted by atomic mass is 16.5. The van der Waals surface area contributed by atoms with Gasteiger partial charge >= 0.3 is 0 Å². The zero-order valence-corrected chi connectivity index (χ0v) is 16.2. The molecule has 2 fully saturated rings. The van der Waals surface area contributed by atoms with Crippen LogP contribution in [0.3, 0.4) is 0 Å². The molecular weight excluding hydrogens is 352 g/mol. The van der Waals surface area contributed by atoms with Gasteiger partial charge in [-0.3, -0.25) is 9.59 Å². The lowest BCUT2D eigenvalue weighted by Gasteiger charge is -2.40. The van der Waals surface area contributed by atoms with Crippen LogP contribution in [0.25, 0.3) is 0 Å². The van der Waals surface area contributed by atoms with E-state index in [0.29, 0.717) is 13.1 Å². The van der Waals surface area contributed by atoms with Crippen molar-refractivity contribution in [3.05, 3.63) is 54.6 Å². The molecule has 0 bridgehead atoms. The van der Waals surface area contributed by atoms with Crippen LogP contribution in [0.1, 0.15) is 32.6 Å². The topological polar surface area (TPSA) is 49.9 Å². The first-order chi connectivity index (χ1) is 13.6. The van der Waals surface area contributed by atoms with Gasteiger partial charge in [0.1, 0.15) is 17.5 Å². The Hall–Kier alpha value is -2.82. The SMILES string of the molecule is CC1C(=O)N(c2ccc(Oc3ccccc3)cc2)CCN1C(=O)C1CCCC1. The minimum atomic E-state index is -0.415. The number of carbonyl (C=O) groups excluding carboxylic acids is 2. The summed E-state index contributed by atoms with van der Waals surface area (Å²) < 4.78 is 5.82. The molecular formula is C23H26N2O3. The summed E-state index contributed by atoms with van der Waals surface area (Å²) in [4.78, 5) is 29.2. The molecule has 28 heavy (non-hydrogen) atoms. The van der Waals surface area contributed by atoms with E-state index >= 15 is 0 Å². The Morgan fingerprint density at radius 2 is 1.57 bits per heavy atom. The van der Waals surface area contributed by atoms with Crippen LogP contribution in [0.4, 0.5) is 5.69 Å². The lowest BCUT2D eigenvalue weighted by atomic mass is 10.0. The third-order valence-corrected chi connectivity index (χ3v) is 5.77. The summed E-state index contributed by atoms with van der Waals surface area (Å²) in [7, 11) is 0. The summed E-state index contributed by atoms with van der Waals surface area (Å²) in [6.07, 6.45) is 4.16. The van der Waals surface area contributed by atoms with Crippen molar-refractivity contribution in [3.63, 3.8) is 0 Å². The molecule has 2 aromatic carbocycles. The fourth-order valence-corrected chi connectivity index (χ4v) is 4.15. The molecule has 1 aliphatic heterocycles. The number of hydrogen-bond donors (Lipinski definition) is 0. The van der Waals surface area contributed by atoms with Crippen LogP contribution < -0.4 is 9.64 Å². The molecule has 0 aromatic heterocycles. The fraction of sp³-hybridized carbons (Fsp3) is 0.391. The molecule has 1 saturated carbocycles. The van der Waals surface area contributed by atoms with Gasteiger partial charge in [0.05, 0.1) is 0 Å². The number of carbonyl (C=O) groups is 2. The van der Waals surface area contributed by atoms with Crippen molar-refractivity contribution in [3.8, 4) is 11.5 Å². The van der Waals surface area contributed by atoms with Crippen LogP contribution >= 0.6 is 0 Å². The van der Waals surface area contributed by atoms with E-state index in [0.717, 1.165) is 42.9 Å². The summed E-state index contributed by atoms with van der Waals surface area (Å²) in [5, 5.41) is 0. The lowest BCUT2D eigenvalue weighted by Crippen LogP contribution is -2.58. The Labute approximate surface area is 165 Å². The van der Waals surface area contributed by atoms with E-state index < -0.39 is 6.04 Å². The Morgan fingerprint density at radius 3 is 2.25 bits per heavy atom. The average Bonchev–Trinajstić information content (AvgIpc) is 3.26. The Bertz CT molecular complexity index is 829. The molecule has 0 radical (unpaired) electrons. The average molecular weight is 378 g/mol. The van der Waals surface area contributed by atoms with Crippen molar-refractivity contribution in [2.24, 2.45) is 5.92 Å². The molecule has 1 unspecified atom stereocenters. The molecule has 2 aliphatic rings. The van der Waals surface area contributed by atoms with Crippen LogP contribution in [0.2, 0.25) is 0 Å². The third kappa shape index (κ3) is 3.75. The molecule has 2 amide bonds. The summed E-state index contributed by atoms with van der Waals surface area (Å²) in [6, 6.07) is 16.7. The number of benzene rings is 2. The van der Waals surface area contributed by atoms with Gasteiger partial charge in [-0.2, -0.15) is 0 Å². The van der Waals surface area contributed by atoms with Crippen molar-refractivity contribution >= 4 is 17.5 Å². The van der Waals surface area contributed by atoms with Gasteiger partial charge < -0.3 is 14.5 Å². The van der Waals surface area contributed by atoms with Gasteiger partial charge in [0, 0.05) is 24.7 Å². The Kier molecular flexibility index (Phi) is 5.33. The van der Waals surface area contributed by atoms with E-state index in [1.54, 1.807) is 9.80 Å². The second-order valence-corrected chi connectivity index (χ2v) is 7.59. The summed E-state index contributed by atoms with van der Waals surface area (Å²) >= 11 is 0. The van der Waals surface area contributed by atoms with E-state index in [2.05, 4.69) is 0 Å². The van der Waals surface area contributed by atoms with Gasteiger partial charge in [-0.05, 0) is 56.2 Å². The number of piperazine rings is 1. The molecule has 1 atom stereocenters. The largest absolute Gasteiger partial charge is 0.457 e. The van der Waals surface area contributed by atoms with E-state index in [9.17, 15) is 9.59 Å². The van der Waals surface area contributed by atoms with Crippen LogP contribution in [0.5, 0.6) is 11.5 Å². The molecule has 4 rings (SSSR count).